The number of rotatable bonds is 4. The van der Waals surface area contributed by atoms with Crippen molar-refractivity contribution in [3.05, 3.63) is 6.33 Å². The molecule has 5 heteroatoms. The van der Waals surface area contributed by atoms with Crippen molar-refractivity contribution in [3.63, 3.8) is 0 Å². The van der Waals surface area contributed by atoms with Crippen molar-refractivity contribution in [2.24, 2.45) is 5.92 Å². The van der Waals surface area contributed by atoms with Crippen LogP contribution in [0.4, 0.5) is 11.5 Å². The molecule has 1 aromatic rings. The molecule has 1 fully saturated rings. The first-order chi connectivity index (χ1) is 8.76. The third-order valence-electron chi connectivity index (χ3n) is 3.50. The summed E-state index contributed by atoms with van der Waals surface area (Å²) < 4.78 is 5.42. The van der Waals surface area contributed by atoms with E-state index >= 15 is 0 Å². The van der Waals surface area contributed by atoms with Crippen molar-refractivity contribution in [2.75, 3.05) is 30.3 Å². The second-order valence-corrected chi connectivity index (χ2v) is 4.71. The zero-order chi connectivity index (χ0) is 13.0. The van der Waals surface area contributed by atoms with Crippen molar-refractivity contribution >= 4 is 11.5 Å². The summed E-state index contributed by atoms with van der Waals surface area (Å²) in [5.41, 5.74) is 6.66. The van der Waals surface area contributed by atoms with Crippen molar-refractivity contribution in [3.8, 4) is 5.88 Å². The molecule has 1 aliphatic heterocycles. The quantitative estimate of drug-likeness (QED) is 0.886. The highest BCUT2D eigenvalue weighted by molar-refractivity contribution is 5.67. The number of anilines is 2. The molecule has 1 atom stereocenters. The smallest absolute Gasteiger partial charge is 0.242 e. The van der Waals surface area contributed by atoms with Crippen LogP contribution < -0.4 is 15.4 Å². The van der Waals surface area contributed by atoms with Gasteiger partial charge in [0.1, 0.15) is 12.0 Å². The lowest BCUT2D eigenvalue weighted by molar-refractivity contribution is 0.328. The van der Waals surface area contributed by atoms with Crippen LogP contribution >= 0.6 is 0 Å². The fourth-order valence-electron chi connectivity index (χ4n) is 2.47. The van der Waals surface area contributed by atoms with Gasteiger partial charge in [0.05, 0.1) is 6.61 Å². The van der Waals surface area contributed by atoms with Gasteiger partial charge >= 0.3 is 0 Å². The van der Waals surface area contributed by atoms with Crippen molar-refractivity contribution in [1.29, 1.82) is 0 Å². The Morgan fingerprint density at radius 3 is 3.00 bits per heavy atom. The van der Waals surface area contributed by atoms with E-state index in [9.17, 15) is 0 Å². The van der Waals surface area contributed by atoms with Gasteiger partial charge in [0, 0.05) is 13.1 Å². The zero-order valence-electron chi connectivity index (χ0n) is 11.2. The van der Waals surface area contributed by atoms with Gasteiger partial charge in [-0.3, -0.25) is 0 Å². The minimum Gasteiger partial charge on any atom is -0.476 e. The van der Waals surface area contributed by atoms with Crippen LogP contribution in [0.25, 0.3) is 0 Å². The summed E-state index contributed by atoms with van der Waals surface area (Å²) in [6.07, 6.45) is 5.24. The van der Waals surface area contributed by atoms with Crippen LogP contribution in [0.2, 0.25) is 0 Å². The Morgan fingerprint density at radius 1 is 1.44 bits per heavy atom. The van der Waals surface area contributed by atoms with Crippen molar-refractivity contribution in [1.82, 2.24) is 9.97 Å². The van der Waals surface area contributed by atoms with Gasteiger partial charge in [-0.2, -0.15) is 4.98 Å². The van der Waals surface area contributed by atoms with Gasteiger partial charge in [0.2, 0.25) is 5.88 Å². The van der Waals surface area contributed by atoms with Gasteiger partial charge in [-0.05, 0) is 25.7 Å². The van der Waals surface area contributed by atoms with Gasteiger partial charge in [-0.25, -0.2) is 4.98 Å². The first-order valence-corrected chi connectivity index (χ1v) is 6.74. The van der Waals surface area contributed by atoms with E-state index in [-0.39, 0.29) is 0 Å². The number of nitrogen functional groups attached to an aromatic ring is 1. The summed E-state index contributed by atoms with van der Waals surface area (Å²) >= 11 is 0. The van der Waals surface area contributed by atoms with Gasteiger partial charge < -0.3 is 15.4 Å². The Labute approximate surface area is 108 Å². The lowest BCUT2D eigenvalue weighted by atomic mass is 9.95. The summed E-state index contributed by atoms with van der Waals surface area (Å²) in [5, 5.41) is 0. The van der Waals surface area contributed by atoms with Crippen LogP contribution in [-0.2, 0) is 0 Å². The molecule has 0 spiro atoms. The molecule has 18 heavy (non-hydrogen) atoms. The summed E-state index contributed by atoms with van der Waals surface area (Å²) in [4.78, 5) is 10.7. The minimum atomic E-state index is 0.501. The number of hydrogen-bond donors (Lipinski definition) is 1. The summed E-state index contributed by atoms with van der Waals surface area (Å²) in [6.45, 7) is 6.78. The third kappa shape index (κ3) is 2.66. The maximum atomic E-state index is 6.10. The topological polar surface area (TPSA) is 64.3 Å². The molecule has 0 saturated carbocycles. The Kier molecular flexibility index (Phi) is 4.23. The van der Waals surface area contributed by atoms with Crippen molar-refractivity contribution in [2.45, 2.75) is 33.1 Å². The minimum absolute atomic E-state index is 0.501. The molecule has 0 radical (unpaired) electrons. The van der Waals surface area contributed by atoms with E-state index in [2.05, 4.69) is 21.8 Å². The Hall–Kier alpha value is -1.52. The Bertz CT molecular complexity index is 397. The highest BCUT2D eigenvalue weighted by atomic mass is 16.5. The van der Waals surface area contributed by atoms with E-state index < -0.39 is 0 Å². The van der Waals surface area contributed by atoms with Gasteiger partial charge in [0.25, 0.3) is 0 Å². The fraction of sp³-hybridized carbons (Fsp3) is 0.692. The first-order valence-electron chi connectivity index (χ1n) is 6.74. The molecular formula is C13H22N4O. The van der Waals surface area contributed by atoms with E-state index in [1.807, 2.05) is 6.92 Å². The molecule has 1 aliphatic rings. The van der Waals surface area contributed by atoms with Gasteiger partial charge in [0.15, 0.2) is 5.82 Å². The molecule has 1 saturated heterocycles. The molecule has 2 N–H and O–H groups in total. The largest absolute Gasteiger partial charge is 0.476 e. The van der Waals surface area contributed by atoms with Gasteiger partial charge in [-0.1, -0.05) is 13.3 Å². The SMILES string of the molecule is CCOc1ncnc(N2CCCC(CC)C2)c1N. The van der Waals surface area contributed by atoms with E-state index in [0.29, 0.717) is 18.2 Å². The van der Waals surface area contributed by atoms with Gasteiger partial charge in [-0.15, -0.1) is 0 Å². The van der Waals surface area contributed by atoms with E-state index in [1.54, 1.807) is 0 Å². The predicted molar refractivity (Wildman–Crippen MR) is 72.8 cm³/mol. The Balaban J connectivity index is 2.19. The fourth-order valence-corrected chi connectivity index (χ4v) is 2.47. The molecule has 2 heterocycles. The number of hydrogen-bond acceptors (Lipinski definition) is 5. The molecule has 0 bridgehead atoms. The molecule has 100 valence electrons. The number of piperidine rings is 1. The summed E-state index contributed by atoms with van der Waals surface area (Å²) in [5.74, 6) is 2.07. The normalized spacial score (nSPS) is 19.9. The standard InChI is InChI=1S/C13H22N4O/c1-3-10-6-5-7-17(8-10)12-11(14)13(18-4-2)16-9-15-12/h9-10H,3-8,14H2,1-2H3. The van der Waals surface area contributed by atoms with Crippen LogP contribution in [0, 0.1) is 5.92 Å². The third-order valence-corrected chi connectivity index (χ3v) is 3.50. The van der Waals surface area contributed by atoms with Crippen LogP contribution in [0.15, 0.2) is 6.33 Å². The number of nitrogens with two attached hydrogens (primary N) is 1. The maximum absolute atomic E-state index is 6.10. The molecule has 5 nitrogen and oxygen atoms in total. The lowest BCUT2D eigenvalue weighted by Crippen LogP contribution is -2.36. The second-order valence-electron chi connectivity index (χ2n) is 4.71. The van der Waals surface area contributed by atoms with Crippen molar-refractivity contribution < 1.29 is 4.74 Å². The molecule has 0 amide bonds. The Morgan fingerprint density at radius 2 is 2.28 bits per heavy atom. The highest BCUT2D eigenvalue weighted by Crippen LogP contribution is 2.31. The second kappa shape index (κ2) is 5.89. The van der Waals surface area contributed by atoms with E-state index in [4.69, 9.17) is 10.5 Å². The van der Waals surface area contributed by atoms with E-state index in [0.717, 1.165) is 24.8 Å². The highest BCUT2D eigenvalue weighted by Gasteiger charge is 2.22. The van der Waals surface area contributed by atoms with Crippen LogP contribution in [0.1, 0.15) is 33.1 Å². The molecule has 0 aromatic carbocycles. The summed E-state index contributed by atoms with van der Waals surface area (Å²) in [7, 11) is 0. The lowest BCUT2D eigenvalue weighted by Gasteiger charge is -2.33. The predicted octanol–water partition coefficient (Wildman–Crippen LogP) is 2.08. The first kappa shape index (κ1) is 12.9. The molecule has 1 unspecified atom stereocenters. The number of ether oxygens (including phenoxy) is 1. The maximum Gasteiger partial charge on any atom is 0.242 e. The average molecular weight is 250 g/mol. The zero-order valence-corrected chi connectivity index (χ0v) is 11.2. The average Bonchev–Trinajstić information content (AvgIpc) is 2.41. The van der Waals surface area contributed by atoms with Crippen LogP contribution in [0.5, 0.6) is 5.88 Å². The molecule has 2 rings (SSSR count). The summed E-state index contributed by atoms with van der Waals surface area (Å²) in [6, 6.07) is 0. The molecule has 0 aliphatic carbocycles. The monoisotopic (exact) mass is 250 g/mol. The molecular weight excluding hydrogens is 228 g/mol. The van der Waals surface area contributed by atoms with Crippen LogP contribution in [0.3, 0.4) is 0 Å². The van der Waals surface area contributed by atoms with E-state index in [1.165, 1.54) is 25.6 Å². The molecule has 1 aromatic heterocycles. The number of aromatic nitrogens is 2. The van der Waals surface area contributed by atoms with Crippen LogP contribution in [-0.4, -0.2) is 29.7 Å². The number of nitrogens with zero attached hydrogens (tertiary/aromatic N) is 3.